The Bertz CT molecular complexity index is 175. The number of carboxylic acid groups (broad SMARTS) is 1. The lowest BCUT2D eigenvalue weighted by Crippen LogP contribution is -2.43. The van der Waals surface area contributed by atoms with Crippen LogP contribution in [0.5, 0.6) is 0 Å². The minimum Gasteiger partial charge on any atom is -0.480 e. The summed E-state index contributed by atoms with van der Waals surface area (Å²) >= 11 is 3.75. The zero-order chi connectivity index (χ0) is 9.56. The number of carboxylic acids is 1. The number of rotatable bonds is 5. The number of thiol groups is 1. The van der Waals surface area contributed by atoms with Gasteiger partial charge in [-0.05, 0) is 0 Å². The second-order valence-electron chi connectivity index (χ2n) is 1.99. The van der Waals surface area contributed by atoms with Gasteiger partial charge in [-0.15, -0.1) is 0 Å². The lowest BCUT2D eigenvalue weighted by Gasteiger charge is -2.09. The van der Waals surface area contributed by atoms with Crippen molar-refractivity contribution < 1.29 is 19.9 Å². The third-order valence-corrected chi connectivity index (χ3v) is 1.48. The van der Waals surface area contributed by atoms with Crippen molar-refractivity contribution in [2.45, 2.75) is 6.04 Å². The molecule has 1 atom stereocenters. The van der Waals surface area contributed by atoms with Crippen molar-refractivity contribution in [2.24, 2.45) is 0 Å². The van der Waals surface area contributed by atoms with Crippen molar-refractivity contribution in [2.75, 3.05) is 12.3 Å². The van der Waals surface area contributed by atoms with E-state index in [1.165, 1.54) is 5.48 Å². The van der Waals surface area contributed by atoms with Gasteiger partial charge in [-0.25, -0.2) is 5.48 Å². The Morgan fingerprint density at radius 3 is 2.42 bits per heavy atom. The van der Waals surface area contributed by atoms with Gasteiger partial charge >= 0.3 is 5.97 Å². The lowest BCUT2D eigenvalue weighted by molar-refractivity contribution is -0.139. The molecule has 0 radical (unpaired) electrons. The van der Waals surface area contributed by atoms with Gasteiger partial charge in [0.2, 0.25) is 0 Å². The molecule has 0 fully saturated rings. The molecule has 1 amide bonds. The number of nitrogens with one attached hydrogen (secondary N) is 2. The van der Waals surface area contributed by atoms with Crippen molar-refractivity contribution >= 4 is 24.5 Å². The molecule has 0 bridgehead atoms. The van der Waals surface area contributed by atoms with Crippen molar-refractivity contribution in [3.05, 3.63) is 0 Å². The zero-order valence-electron chi connectivity index (χ0n) is 6.15. The highest BCUT2D eigenvalue weighted by atomic mass is 32.1. The molecule has 4 N–H and O–H groups in total. The molecule has 0 aromatic carbocycles. The molecule has 0 saturated carbocycles. The van der Waals surface area contributed by atoms with Gasteiger partial charge in [-0.3, -0.25) is 20.1 Å². The molecule has 0 spiro atoms. The van der Waals surface area contributed by atoms with E-state index >= 15 is 0 Å². The van der Waals surface area contributed by atoms with Crippen LogP contribution in [0.15, 0.2) is 0 Å². The number of amides is 1. The highest BCUT2D eigenvalue weighted by Gasteiger charge is 2.15. The van der Waals surface area contributed by atoms with Crippen molar-refractivity contribution in [1.82, 2.24) is 10.8 Å². The molecule has 0 unspecified atom stereocenters. The summed E-state index contributed by atoms with van der Waals surface area (Å²) in [5.74, 6) is -1.70. The van der Waals surface area contributed by atoms with E-state index in [2.05, 4.69) is 17.9 Å². The molecule has 0 aliphatic carbocycles. The summed E-state index contributed by atoms with van der Waals surface area (Å²) in [4.78, 5) is 20.7. The first-order valence-electron chi connectivity index (χ1n) is 3.11. The highest BCUT2D eigenvalue weighted by Crippen LogP contribution is 1.86. The molecule has 6 nitrogen and oxygen atoms in total. The molecule has 0 aromatic rings. The maximum absolute atomic E-state index is 10.4. The van der Waals surface area contributed by atoms with Crippen LogP contribution in [0.4, 0.5) is 0 Å². The van der Waals surface area contributed by atoms with Crippen LogP contribution < -0.4 is 10.8 Å². The quantitative estimate of drug-likeness (QED) is 0.208. The fourth-order valence-corrected chi connectivity index (χ4v) is 0.771. The molecule has 0 rings (SSSR count). The van der Waals surface area contributed by atoms with Crippen LogP contribution in [-0.4, -0.2) is 40.5 Å². The maximum atomic E-state index is 10.4. The Labute approximate surface area is 74.3 Å². The minimum atomic E-state index is -1.09. The smallest absolute Gasteiger partial charge is 0.321 e. The molecule has 7 heteroatoms. The molecule has 0 aromatic heterocycles. The number of hydrogen-bond acceptors (Lipinski definition) is 5. The first-order valence-corrected chi connectivity index (χ1v) is 3.75. The van der Waals surface area contributed by atoms with Gasteiger partial charge in [-0.2, -0.15) is 12.6 Å². The first-order chi connectivity index (χ1) is 5.61. The van der Waals surface area contributed by atoms with Gasteiger partial charge in [-0.1, -0.05) is 0 Å². The minimum absolute atomic E-state index is 0.0774. The molecule has 70 valence electrons. The highest BCUT2D eigenvalue weighted by molar-refractivity contribution is 7.80. The second-order valence-corrected chi connectivity index (χ2v) is 2.35. The molecular formula is C5H10N2O4S. The first kappa shape index (κ1) is 11.2. The van der Waals surface area contributed by atoms with E-state index in [1.807, 2.05) is 0 Å². The van der Waals surface area contributed by atoms with Gasteiger partial charge in [0.05, 0.1) is 6.54 Å². The van der Waals surface area contributed by atoms with Gasteiger partial charge in [0, 0.05) is 5.75 Å². The topological polar surface area (TPSA) is 98.7 Å². The van der Waals surface area contributed by atoms with E-state index in [0.29, 0.717) is 0 Å². The van der Waals surface area contributed by atoms with Gasteiger partial charge < -0.3 is 5.11 Å². The van der Waals surface area contributed by atoms with Gasteiger partial charge in [0.25, 0.3) is 5.91 Å². The fraction of sp³-hybridized carbons (Fsp3) is 0.600. The summed E-state index contributed by atoms with van der Waals surface area (Å²) < 4.78 is 0. The van der Waals surface area contributed by atoms with E-state index in [9.17, 15) is 9.59 Å². The lowest BCUT2D eigenvalue weighted by atomic mass is 10.3. The van der Waals surface area contributed by atoms with Gasteiger partial charge in [0.1, 0.15) is 6.04 Å². The van der Waals surface area contributed by atoms with Crippen molar-refractivity contribution in [1.29, 1.82) is 0 Å². The van der Waals surface area contributed by atoms with Crippen LogP contribution in [-0.2, 0) is 9.59 Å². The molecule has 0 aliphatic rings. The summed E-state index contributed by atoms with van der Waals surface area (Å²) in [6, 6.07) is -0.884. The van der Waals surface area contributed by atoms with Crippen LogP contribution in [0, 0.1) is 0 Å². The van der Waals surface area contributed by atoms with Crippen molar-refractivity contribution in [3.63, 3.8) is 0 Å². The van der Waals surface area contributed by atoms with E-state index in [1.54, 1.807) is 0 Å². The normalized spacial score (nSPS) is 12.2. The molecular weight excluding hydrogens is 184 g/mol. The monoisotopic (exact) mass is 194 g/mol. The summed E-state index contributed by atoms with van der Waals surface area (Å²) in [6.07, 6.45) is 0. The van der Waals surface area contributed by atoms with Crippen LogP contribution in [0.3, 0.4) is 0 Å². The predicted molar refractivity (Wildman–Crippen MR) is 43.2 cm³/mol. The third-order valence-electron chi connectivity index (χ3n) is 1.11. The summed E-state index contributed by atoms with van der Waals surface area (Å²) in [5, 5.41) is 18.9. The average molecular weight is 194 g/mol. The number of carbonyl (C=O) groups is 2. The Hall–Kier alpha value is -0.790. The number of hydroxylamine groups is 1. The average Bonchev–Trinajstić information content (AvgIpc) is 2.04. The predicted octanol–water partition coefficient (Wildman–Crippen LogP) is -1.54. The molecule has 0 saturated heterocycles. The largest absolute Gasteiger partial charge is 0.480 e. The Morgan fingerprint density at radius 2 is 2.08 bits per heavy atom. The van der Waals surface area contributed by atoms with E-state index < -0.39 is 17.9 Å². The number of carbonyl (C=O) groups excluding carboxylic acids is 1. The summed E-state index contributed by atoms with van der Waals surface area (Å²) in [7, 11) is 0. The Balaban J connectivity index is 3.73. The molecule has 0 aliphatic heterocycles. The van der Waals surface area contributed by atoms with Gasteiger partial charge in [0.15, 0.2) is 0 Å². The van der Waals surface area contributed by atoms with Crippen molar-refractivity contribution in [3.8, 4) is 0 Å². The zero-order valence-corrected chi connectivity index (χ0v) is 7.04. The van der Waals surface area contributed by atoms with Crippen LogP contribution in [0.2, 0.25) is 0 Å². The Morgan fingerprint density at radius 1 is 1.50 bits per heavy atom. The second kappa shape index (κ2) is 5.81. The van der Waals surface area contributed by atoms with Crippen LogP contribution >= 0.6 is 12.6 Å². The summed E-state index contributed by atoms with van der Waals surface area (Å²) in [5.41, 5.74) is 1.36. The molecule has 12 heavy (non-hydrogen) atoms. The van der Waals surface area contributed by atoms with Crippen LogP contribution in [0.25, 0.3) is 0 Å². The third kappa shape index (κ3) is 4.16. The fourth-order valence-electron chi connectivity index (χ4n) is 0.485. The van der Waals surface area contributed by atoms with E-state index in [0.717, 1.165) is 0 Å². The Kier molecular flexibility index (Phi) is 5.43. The number of hydrogen-bond donors (Lipinski definition) is 5. The SMILES string of the molecule is O=C(CN[C@@H](CS)C(=O)O)NO. The van der Waals surface area contributed by atoms with Crippen LogP contribution in [0.1, 0.15) is 0 Å². The maximum Gasteiger partial charge on any atom is 0.321 e. The summed E-state index contributed by atoms with van der Waals surface area (Å²) in [6.45, 7) is -0.256. The standard InChI is InChI=1S/C5H10N2O4S/c8-4(7-11)1-6-3(2-12)5(9)10/h3,6,11-12H,1-2H2,(H,7,8)(H,9,10)/t3-/m0/s1. The number of aliphatic carboxylic acids is 1. The molecule has 0 heterocycles. The van der Waals surface area contributed by atoms with E-state index in [-0.39, 0.29) is 12.3 Å². The van der Waals surface area contributed by atoms with E-state index in [4.69, 9.17) is 10.3 Å².